The van der Waals surface area contributed by atoms with E-state index in [0.717, 1.165) is 36.5 Å². The summed E-state index contributed by atoms with van der Waals surface area (Å²) in [7, 11) is 3.27. The quantitative estimate of drug-likeness (QED) is 0.832. The van der Waals surface area contributed by atoms with Gasteiger partial charge in [0.05, 0.1) is 31.7 Å². The molecule has 6 heteroatoms. The normalized spacial score (nSPS) is 16.2. The van der Waals surface area contributed by atoms with Crippen LogP contribution < -0.4 is 14.4 Å². The van der Waals surface area contributed by atoms with Gasteiger partial charge >= 0.3 is 0 Å². The summed E-state index contributed by atoms with van der Waals surface area (Å²) in [4.78, 5) is 21.6. The molecule has 142 valence electrons. The molecule has 0 radical (unpaired) electrons. The van der Waals surface area contributed by atoms with Gasteiger partial charge in [-0.05, 0) is 48.6 Å². The van der Waals surface area contributed by atoms with E-state index in [0.29, 0.717) is 24.4 Å². The van der Waals surface area contributed by atoms with Gasteiger partial charge in [-0.25, -0.2) is 0 Å². The summed E-state index contributed by atoms with van der Waals surface area (Å²) in [5.74, 6) is 1.46. The zero-order valence-electron chi connectivity index (χ0n) is 15.9. The van der Waals surface area contributed by atoms with Gasteiger partial charge in [-0.15, -0.1) is 0 Å². The van der Waals surface area contributed by atoms with Crippen molar-refractivity contribution >= 4 is 11.6 Å². The van der Waals surface area contributed by atoms with Crippen molar-refractivity contribution in [3.8, 4) is 11.5 Å². The summed E-state index contributed by atoms with van der Waals surface area (Å²) in [6.45, 7) is 3.34. The highest BCUT2D eigenvalue weighted by atomic mass is 16.5. The Morgan fingerprint density at radius 3 is 2.37 bits per heavy atom. The van der Waals surface area contributed by atoms with Gasteiger partial charge in [0.15, 0.2) is 11.5 Å². The van der Waals surface area contributed by atoms with Gasteiger partial charge in [-0.2, -0.15) is 0 Å². The smallest absolute Gasteiger partial charge is 0.255 e. The summed E-state index contributed by atoms with van der Waals surface area (Å²) < 4.78 is 10.8. The molecule has 1 aromatic carbocycles. The van der Waals surface area contributed by atoms with Gasteiger partial charge in [-0.1, -0.05) is 0 Å². The van der Waals surface area contributed by atoms with E-state index in [-0.39, 0.29) is 5.91 Å². The molecular weight excluding hydrogens is 342 g/mol. The summed E-state index contributed by atoms with van der Waals surface area (Å²) in [6, 6.07) is 5.98. The number of methoxy groups -OCH3 is 2. The molecule has 1 amide bonds. The molecule has 0 spiro atoms. The van der Waals surface area contributed by atoms with Crippen molar-refractivity contribution in [2.24, 2.45) is 0 Å². The van der Waals surface area contributed by atoms with Crippen molar-refractivity contribution in [1.29, 1.82) is 0 Å². The van der Waals surface area contributed by atoms with Gasteiger partial charge in [0, 0.05) is 32.4 Å². The molecular formula is C21H25N3O3. The summed E-state index contributed by atoms with van der Waals surface area (Å²) >= 11 is 0. The average Bonchev–Trinajstić information content (AvgIpc) is 3.26. The lowest BCUT2D eigenvalue weighted by Crippen LogP contribution is -2.36. The minimum absolute atomic E-state index is 0.0315. The summed E-state index contributed by atoms with van der Waals surface area (Å²) in [6.07, 6.45) is 6.73. The Hall–Kier alpha value is -2.76. The number of amides is 1. The number of hydrogen-bond donors (Lipinski definition) is 0. The maximum absolute atomic E-state index is 13.1. The van der Waals surface area contributed by atoms with Gasteiger partial charge < -0.3 is 19.3 Å². The molecule has 2 aliphatic heterocycles. The van der Waals surface area contributed by atoms with E-state index in [4.69, 9.17) is 9.47 Å². The Morgan fingerprint density at radius 2 is 1.67 bits per heavy atom. The summed E-state index contributed by atoms with van der Waals surface area (Å²) in [5.41, 5.74) is 4.02. The van der Waals surface area contributed by atoms with Crippen molar-refractivity contribution < 1.29 is 14.3 Å². The SMILES string of the molecule is COc1cc2c(cc1OC)CN(C(=O)c1cncc(N3CCCC3)c1)CC2. The number of carbonyl (C=O) groups excluding carboxylic acids is 1. The number of carbonyl (C=O) groups is 1. The molecule has 0 N–H and O–H groups in total. The fourth-order valence-electron chi connectivity index (χ4n) is 3.93. The first kappa shape index (κ1) is 17.6. The number of rotatable bonds is 4. The first-order valence-corrected chi connectivity index (χ1v) is 9.42. The van der Waals surface area contributed by atoms with Crippen molar-refractivity contribution in [2.75, 3.05) is 38.8 Å². The highest BCUT2D eigenvalue weighted by molar-refractivity contribution is 5.95. The number of anilines is 1. The second-order valence-corrected chi connectivity index (χ2v) is 7.08. The third-order valence-electron chi connectivity index (χ3n) is 5.45. The Labute approximate surface area is 159 Å². The van der Waals surface area contributed by atoms with Crippen LogP contribution in [0, 0.1) is 0 Å². The average molecular weight is 367 g/mol. The van der Waals surface area contributed by atoms with Crippen LogP contribution in [0.25, 0.3) is 0 Å². The topological polar surface area (TPSA) is 54.9 Å². The molecule has 0 atom stereocenters. The van der Waals surface area contributed by atoms with E-state index in [1.807, 2.05) is 29.3 Å². The minimum Gasteiger partial charge on any atom is -0.493 e. The number of nitrogens with zero attached hydrogens (tertiary/aromatic N) is 3. The van der Waals surface area contributed by atoms with E-state index in [1.54, 1.807) is 20.4 Å². The molecule has 6 nitrogen and oxygen atoms in total. The van der Waals surface area contributed by atoms with Gasteiger partial charge in [-0.3, -0.25) is 9.78 Å². The predicted octanol–water partition coefficient (Wildman–Crippen LogP) is 2.90. The Morgan fingerprint density at radius 1 is 0.963 bits per heavy atom. The van der Waals surface area contributed by atoms with Gasteiger partial charge in [0.25, 0.3) is 5.91 Å². The maximum atomic E-state index is 13.1. The van der Waals surface area contributed by atoms with Crippen molar-refractivity contribution in [3.05, 3.63) is 47.3 Å². The molecule has 2 aromatic rings. The standard InChI is InChI=1S/C21H25N3O3/c1-26-19-10-15-5-8-24(14-17(15)11-20(19)27-2)21(25)16-9-18(13-22-12-16)23-6-3-4-7-23/h9-13H,3-8,14H2,1-2H3. The van der Waals surface area contributed by atoms with Crippen LogP contribution in [0.4, 0.5) is 5.69 Å². The van der Waals surface area contributed by atoms with Crippen LogP contribution >= 0.6 is 0 Å². The number of fused-ring (bicyclic) bond motifs is 1. The van der Waals surface area contributed by atoms with Crippen LogP contribution in [0.3, 0.4) is 0 Å². The monoisotopic (exact) mass is 367 g/mol. The summed E-state index contributed by atoms with van der Waals surface area (Å²) in [5, 5.41) is 0. The molecule has 0 saturated carbocycles. The number of benzene rings is 1. The lowest BCUT2D eigenvalue weighted by atomic mass is 9.98. The predicted molar refractivity (Wildman–Crippen MR) is 104 cm³/mol. The van der Waals surface area contributed by atoms with Crippen molar-refractivity contribution in [2.45, 2.75) is 25.8 Å². The van der Waals surface area contributed by atoms with Crippen LogP contribution in [0.2, 0.25) is 0 Å². The van der Waals surface area contributed by atoms with E-state index in [2.05, 4.69) is 9.88 Å². The van der Waals surface area contributed by atoms with Gasteiger partial charge in [0.1, 0.15) is 0 Å². The fourth-order valence-corrected chi connectivity index (χ4v) is 3.93. The van der Waals surface area contributed by atoms with Crippen molar-refractivity contribution in [3.63, 3.8) is 0 Å². The molecule has 1 aromatic heterocycles. The van der Waals surface area contributed by atoms with Gasteiger partial charge in [0.2, 0.25) is 0 Å². The van der Waals surface area contributed by atoms with E-state index < -0.39 is 0 Å². The highest BCUT2D eigenvalue weighted by Gasteiger charge is 2.24. The van der Waals surface area contributed by atoms with Crippen LogP contribution in [0.5, 0.6) is 11.5 Å². The van der Waals surface area contributed by atoms with Crippen LogP contribution in [0.1, 0.15) is 34.3 Å². The largest absolute Gasteiger partial charge is 0.493 e. The maximum Gasteiger partial charge on any atom is 0.255 e. The first-order chi connectivity index (χ1) is 13.2. The molecule has 27 heavy (non-hydrogen) atoms. The van der Waals surface area contributed by atoms with E-state index in [1.165, 1.54) is 18.4 Å². The third-order valence-corrected chi connectivity index (χ3v) is 5.45. The van der Waals surface area contributed by atoms with Crippen LogP contribution in [-0.4, -0.2) is 49.6 Å². The Balaban J connectivity index is 1.55. The third kappa shape index (κ3) is 3.44. The molecule has 2 aliphatic rings. The fraction of sp³-hybridized carbons (Fsp3) is 0.429. The number of ether oxygens (including phenoxy) is 2. The Kier molecular flexibility index (Phi) is 4.88. The zero-order chi connectivity index (χ0) is 18.8. The molecule has 0 bridgehead atoms. The molecule has 0 aliphatic carbocycles. The second kappa shape index (κ2) is 7.47. The molecule has 0 unspecified atom stereocenters. The van der Waals surface area contributed by atoms with Crippen LogP contribution in [-0.2, 0) is 13.0 Å². The van der Waals surface area contributed by atoms with Crippen LogP contribution in [0.15, 0.2) is 30.6 Å². The van der Waals surface area contributed by atoms with Crippen molar-refractivity contribution in [1.82, 2.24) is 9.88 Å². The lowest BCUT2D eigenvalue weighted by Gasteiger charge is -2.30. The lowest BCUT2D eigenvalue weighted by molar-refractivity contribution is 0.0734. The second-order valence-electron chi connectivity index (χ2n) is 7.08. The Bertz CT molecular complexity index is 847. The van der Waals surface area contributed by atoms with E-state index >= 15 is 0 Å². The first-order valence-electron chi connectivity index (χ1n) is 9.42. The molecule has 1 fully saturated rings. The molecule has 1 saturated heterocycles. The molecule has 3 heterocycles. The molecule has 4 rings (SSSR count). The van der Waals surface area contributed by atoms with E-state index in [9.17, 15) is 4.79 Å². The number of aromatic nitrogens is 1. The highest BCUT2D eigenvalue weighted by Crippen LogP contribution is 2.33. The number of hydrogen-bond acceptors (Lipinski definition) is 5. The number of pyridine rings is 1. The zero-order valence-corrected chi connectivity index (χ0v) is 15.9. The minimum atomic E-state index is 0.0315.